The topological polar surface area (TPSA) is 41.5 Å². The molecule has 0 unspecified atom stereocenters. The molecule has 2 aromatic carbocycles. The summed E-state index contributed by atoms with van der Waals surface area (Å²) in [6.45, 7) is 1.99. The number of halogens is 1. The van der Waals surface area contributed by atoms with Crippen molar-refractivity contribution in [3.05, 3.63) is 70.2 Å². The molecule has 0 aliphatic heterocycles. The van der Waals surface area contributed by atoms with Gasteiger partial charge in [-0.1, -0.05) is 41.9 Å². The molecule has 0 radical (unpaired) electrons. The van der Waals surface area contributed by atoms with Crippen LogP contribution in [0.4, 0.5) is 0 Å². The number of aryl methyl sites for hydroxylation is 1. The smallest absolute Gasteiger partial charge is 0.267 e. The Balaban J connectivity index is 2.03. The molecule has 0 aromatic heterocycles. The predicted molar refractivity (Wildman–Crippen MR) is 77.7 cm³/mol. The molecule has 2 rings (SSSR count). The van der Waals surface area contributed by atoms with E-state index in [0.29, 0.717) is 10.6 Å². The van der Waals surface area contributed by atoms with Crippen LogP contribution in [0.5, 0.6) is 0 Å². The van der Waals surface area contributed by atoms with E-state index in [1.807, 2.05) is 31.2 Å². The summed E-state index contributed by atoms with van der Waals surface area (Å²) < 4.78 is 0. The monoisotopic (exact) mass is 272 g/mol. The van der Waals surface area contributed by atoms with E-state index < -0.39 is 0 Å². The summed E-state index contributed by atoms with van der Waals surface area (Å²) in [5.74, 6) is -0.285. The average Bonchev–Trinajstić information content (AvgIpc) is 2.41. The number of rotatable bonds is 3. The van der Waals surface area contributed by atoms with Crippen molar-refractivity contribution in [2.75, 3.05) is 0 Å². The van der Waals surface area contributed by atoms with Crippen molar-refractivity contribution in [2.24, 2.45) is 5.10 Å². The molecule has 0 saturated carbocycles. The second kappa shape index (κ2) is 6.16. The van der Waals surface area contributed by atoms with Gasteiger partial charge in [0.1, 0.15) is 0 Å². The number of hydrogen-bond acceptors (Lipinski definition) is 2. The van der Waals surface area contributed by atoms with Gasteiger partial charge in [0.15, 0.2) is 0 Å². The van der Waals surface area contributed by atoms with Gasteiger partial charge in [-0.3, -0.25) is 4.79 Å². The van der Waals surface area contributed by atoms with Crippen LogP contribution in [-0.2, 0) is 0 Å². The molecule has 0 aliphatic rings. The van der Waals surface area contributed by atoms with E-state index in [1.165, 1.54) is 0 Å². The van der Waals surface area contributed by atoms with Gasteiger partial charge in [0, 0.05) is 10.6 Å². The van der Waals surface area contributed by atoms with E-state index in [9.17, 15) is 4.79 Å². The van der Waals surface area contributed by atoms with Crippen molar-refractivity contribution >= 4 is 23.7 Å². The highest BCUT2D eigenvalue weighted by molar-refractivity contribution is 6.30. The normalized spacial score (nSPS) is 10.6. The SMILES string of the molecule is Cc1ccccc1/C=N\NC(=O)c1cccc(Cl)c1. The molecule has 0 bridgehead atoms. The van der Waals surface area contributed by atoms with Crippen LogP contribution < -0.4 is 5.43 Å². The van der Waals surface area contributed by atoms with Crippen molar-refractivity contribution in [3.8, 4) is 0 Å². The van der Waals surface area contributed by atoms with Crippen molar-refractivity contribution in [1.29, 1.82) is 0 Å². The number of amides is 1. The van der Waals surface area contributed by atoms with E-state index >= 15 is 0 Å². The zero-order chi connectivity index (χ0) is 13.7. The molecule has 1 N–H and O–H groups in total. The lowest BCUT2D eigenvalue weighted by molar-refractivity contribution is 0.0955. The van der Waals surface area contributed by atoms with Crippen molar-refractivity contribution in [1.82, 2.24) is 5.43 Å². The van der Waals surface area contributed by atoms with Gasteiger partial charge in [0.05, 0.1) is 6.21 Å². The van der Waals surface area contributed by atoms with Gasteiger partial charge in [0.2, 0.25) is 0 Å². The Morgan fingerprint density at radius 3 is 2.74 bits per heavy atom. The minimum Gasteiger partial charge on any atom is -0.267 e. The summed E-state index contributed by atoms with van der Waals surface area (Å²) in [5.41, 5.74) is 5.02. The van der Waals surface area contributed by atoms with Crippen LogP contribution in [0.25, 0.3) is 0 Å². The Labute approximate surface area is 116 Å². The molecule has 4 heteroatoms. The van der Waals surface area contributed by atoms with Gasteiger partial charge in [-0.25, -0.2) is 5.43 Å². The third-order valence-corrected chi connectivity index (χ3v) is 2.88. The average molecular weight is 273 g/mol. The van der Waals surface area contributed by atoms with Crippen molar-refractivity contribution < 1.29 is 4.79 Å². The molecule has 19 heavy (non-hydrogen) atoms. The molecule has 96 valence electrons. The number of carbonyl (C=O) groups is 1. The van der Waals surface area contributed by atoms with Gasteiger partial charge >= 0.3 is 0 Å². The highest BCUT2D eigenvalue weighted by atomic mass is 35.5. The van der Waals surface area contributed by atoms with Crippen LogP contribution in [-0.4, -0.2) is 12.1 Å². The Kier molecular flexibility index (Phi) is 4.31. The number of nitrogens with zero attached hydrogens (tertiary/aromatic N) is 1. The molecule has 0 atom stereocenters. The van der Waals surface area contributed by atoms with Crippen molar-refractivity contribution in [2.45, 2.75) is 6.92 Å². The molecule has 2 aromatic rings. The fourth-order valence-electron chi connectivity index (χ4n) is 1.59. The van der Waals surface area contributed by atoms with Gasteiger partial charge in [-0.05, 0) is 36.2 Å². The van der Waals surface area contributed by atoms with Gasteiger partial charge in [-0.15, -0.1) is 0 Å². The Hall–Kier alpha value is -2.13. The summed E-state index contributed by atoms with van der Waals surface area (Å²) in [6, 6.07) is 14.5. The number of hydrogen-bond donors (Lipinski definition) is 1. The fraction of sp³-hybridized carbons (Fsp3) is 0.0667. The lowest BCUT2D eigenvalue weighted by atomic mass is 10.1. The third-order valence-electron chi connectivity index (χ3n) is 2.64. The number of benzene rings is 2. The van der Waals surface area contributed by atoms with Crippen LogP contribution in [0.2, 0.25) is 5.02 Å². The quantitative estimate of drug-likeness (QED) is 0.675. The minimum atomic E-state index is -0.285. The van der Waals surface area contributed by atoms with Gasteiger partial charge in [-0.2, -0.15) is 5.10 Å². The van der Waals surface area contributed by atoms with E-state index in [4.69, 9.17) is 11.6 Å². The first-order chi connectivity index (χ1) is 9.16. The first-order valence-corrected chi connectivity index (χ1v) is 6.19. The molecule has 0 aliphatic carbocycles. The highest BCUT2D eigenvalue weighted by Gasteiger charge is 2.03. The standard InChI is InChI=1S/C15H13ClN2O/c1-11-5-2-3-6-13(11)10-17-18-15(19)12-7-4-8-14(16)9-12/h2-10H,1H3,(H,18,19)/b17-10-. The maximum atomic E-state index is 11.8. The summed E-state index contributed by atoms with van der Waals surface area (Å²) in [5, 5.41) is 4.46. The zero-order valence-corrected chi connectivity index (χ0v) is 11.2. The van der Waals surface area contributed by atoms with Crippen LogP contribution in [0.1, 0.15) is 21.5 Å². The first-order valence-electron chi connectivity index (χ1n) is 5.81. The first kappa shape index (κ1) is 13.3. The van der Waals surface area contributed by atoms with E-state index in [0.717, 1.165) is 11.1 Å². The Morgan fingerprint density at radius 2 is 2.00 bits per heavy atom. The predicted octanol–water partition coefficient (Wildman–Crippen LogP) is 3.41. The largest absolute Gasteiger partial charge is 0.271 e. The van der Waals surface area contributed by atoms with Crippen LogP contribution in [0.15, 0.2) is 53.6 Å². The van der Waals surface area contributed by atoms with Crippen molar-refractivity contribution in [3.63, 3.8) is 0 Å². The molecule has 3 nitrogen and oxygen atoms in total. The lowest BCUT2D eigenvalue weighted by Crippen LogP contribution is -2.17. The minimum absolute atomic E-state index is 0.285. The number of carbonyl (C=O) groups excluding carboxylic acids is 1. The lowest BCUT2D eigenvalue weighted by Gasteiger charge is -2.01. The van der Waals surface area contributed by atoms with Gasteiger partial charge in [0.25, 0.3) is 5.91 Å². The molecule has 0 saturated heterocycles. The maximum absolute atomic E-state index is 11.8. The second-order valence-electron chi connectivity index (χ2n) is 4.07. The van der Waals surface area contributed by atoms with E-state index in [1.54, 1.807) is 30.5 Å². The Bertz CT molecular complexity index is 623. The summed E-state index contributed by atoms with van der Waals surface area (Å²) in [6.07, 6.45) is 1.62. The summed E-state index contributed by atoms with van der Waals surface area (Å²) in [7, 11) is 0. The zero-order valence-electron chi connectivity index (χ0n) is 10.4. The number of nitrogens with one attached hydrogen (secondary N) is 1. The molecule has 0 heterocycles. The molecule has 1 amide bonds. The molecule has 0 fully saturated rings. The third kappa shape index (κ3) is 3.66. The molecule has 0 spiro atoms. The number of hydrazone groups is 1. The fourth-order valence-corrected chi connectivity index (χ4v) is 1.78. The maximum Gasteiger partial charge on any atom is 0.271 e. The van der Waals surface area contributed by atoms with Gasteiger partial charge < -0.3 is 0 Å². The molecular weight excluding hydrogens is 260 g/mol. The Morgan fingerprint density at radius 1 is 1.21 bits per heavy atom. The van der Waals surface area contributed by atoms with Crippen LogP contribution in [0, 0.1) is 6.92 Å². The second-order valence-corrected chi connectivity index (χ2v) is 4.50. The van der Waals surface area contributed by atoms with E-state index in [-0.39, 0.29) is 5.91 Å². The summed E-state index contributed by atoms with van der Waals surface area (Å²) >= 11 is 5.82. The molecular formula is C15H13ClN2O. The van der Waals surface area contributed by atoms with Crippen LogP contribution >= 0.6 is 11.6 Å². The van der Waals surface area contributed by atoms with E-state index in [2.05, 4.69) is 10.5 Å². The summed E-state index contributed by atoms with van der Waals surface area (Å²) in [4.78, 5) is 11.8. The highest BCUT2D eigenvalue weighted by Crippen LogP contribution is 2.10. The van der Waals surface area contributed by atoms with Crippen LogP contribution in [0.3, 0.4) is 0 Å².